The van der Waals surface area contributed by atoms with Gasteiger partial charge in [-0.15, -0.1) is 0 Å². The number of Topliss-reactive ketones (excluding diaryl/α,β-unsaturated/α-hetero) is 1. The van der Waals surface area contributed by atoms with E-state index in [0.29, 0.717) is 30.5 Å². The summed E-state index contributed by atoms with van der Waals surface area (Å²) < 4.78 is 21.4. The number of unbranched alkanes of at least 4 members (excludes halogenated alkanes) is 1. The van der Waals surface area contributed by atoms with Gasteiger partial charge in [-0.2, -0.15) is 0 Å². The topological polar surface area (TPSA) is 274 Å². The molecule has 0 fully saturated rings. The number of nitrogens with one attached hydrogen (secondary N) is 4. The van der Waals surface area contributed by atoms with Gasteiger partial charge in [-0.3, -0.25) is 29.3 Å². The molecule has 0 aromatic heterocycles. The number of carbonyl (C=O) groups excluding carboxylic acids is 7. The van der Waals surface area contributed by atoms with E-state index < -0.39 is 76.2 Å². The number of hydrogen-bond donors (Lipinski definition) is 5. The molecule has 6 N–H and O–H groups in total. The molecule has 5 rings (SSSR count). The van der Waals surface area contributed by atoms with Crippen molar-refractivity contribution < 1.29 is 57.4 Å². The lowest BCUT2D eigenvalue weighted by atomic mass is 9.88. The lowest BCUT2D eigenvalue weighted by Crippen LogP contribution is -2.48. The van der Waals surface area contributed by atoms with E-state index >= 15 is 0 Å². The molecule has 0 heterocycles. The second-order valence-corrected chi connectivity index (χ2v) is 18.8. The molecule has 19 heteroatoms. The zero-order valence-corrected chi connectivity index (χ0v) is 41.2. The monoisotopic (exact) mass is 992 g/mol. The van der Waals surface area contributed by atoms with E-state index in [1.165, 1.54) is 24.3 Å². The number of alkyl carbamates (subject to hydrolysis) is 1. The number of amides is 5. The Bertz CT molecular complexity index is 2500. The molecule has 19 nitrogen and oxygen atoms in total. The lowest BCUT2D eigenvalue weighted by Gasteiger charge is -2.27. The van der Waals surface area contributed by atoms with E-state index in [1.54, 1.807) is 58.9 Å². The molecule has 0 radical (unpaired) electrons. The van der Waals surface area contributed by atoms with Crippen molar-refractivity contribution in [3.63, 3.8) is 0 Å². The number of esters is 1. The summed E-state index contributed by atoms with van der Waals surface area (Å²) in [4.78, 5) is 102. The molecule has 1 aliphatic carbocycles. The first-order valence-electron chi connectivity index (χ1n) is 23.9. The fourth-order valence-corrected chi connectivity index (χ4v) is 8.24. The van der Waals surface area contributed by atoms with E-state index in [0.717, 1.165) is 22.3 Å². The van der Waals surface area contributed by atoms with Crippen LogP contribution in [0.2, 0.25) is 0 Å². The van der Waals surface area contributed by atoms with Gasteiger partial charge >= 0.3 is 24.2 Å². The number of ketones is 1. The van der Waals surface area contributed by atoms with Gasteiger partial charge in [0.25, 0.3) is 5.69 Å². The fraction of sp³-hybridized carbons (Fsp3) is 0.415. The molecule has 0 bridgehead atoms. The average Bonchev–Trinajstić information content (AvgIpc) is 3.65. The van der Waals surface area contributed by atoms with Crippen LogP contribution in [0.25, 0.3) is 11.1 Å². The van der Waals surface area contributed by atoms with Gasteiger partial charge in [0, 0.05) is 55.1 Å². The molecule has 0 saturated heterocycles. The van der Waals surface area contributed by atoms with Crippen molar-refractivity contribution >= 4 is 53.2 Å². The van der Waals surface area contributed by atoms with Crippen LogP contribution in [0.3, 0.4) is 0 Å². The largest absolute Gasteiger partial charge is 0.514 e. The van der Waals surface area contributed by atoms with Crippen LogP contribution in [-0.2, 0) is 40.0 Å². The number of non-ortho nitro benzene ring substituents is 1. The number of nitro benzene ring substituents is 1. The minimum atomic E-state index is -1.04. The number of rotatable bonds is 25. The van der Waals surface area contributed by atoms with Gasteiger partial charge in [0.2, 0.25) is 11.8 Å². The summed E-state index contributed by atoms with van der Waals surface area (Å²) in [5, 5.41) is 21.8. The summed E-state index contributed by atoms with van der Waals surface area (Å²) in [6.07, 6.45) is -0.510. The molecule has 4 aromatic rings. The Morgan fingerprint density at radius 3 is 1.92 bits per heavy atom. The first kappa shape index (κ1) is 55.1. The van der Waals surface area contributed by atoms with E-state index in [4.69, 9.17) is 24.7 Å². The zero-order valence-electron chi connectivity index (χ0n) is 41.2. The SMILES string of the molecule is CC(C)[C@H](NC(=O)[C@H](CCCCNC(=O)OCC1c2ccccc2-c2ccccc21)CC(=O)OC(C)(C)C)C(=O)C[C@@H](CCCNC(N)=O)C(=O)Nc1ccc(COC(=O)Oc2ccc([N+](=O)[O-])cc2)cc1. The van der Waals surface area contributed by atoms with Crippen molar-refractivity contribution in [2.75, 3.05) is 25.0 Å². The molecule has 1 aliphatic rings. The number of primary amides is 1. The van der Waals surface area contributed by atoms with Crippen LogP contribution < -0.4 is 31.7 Å². The summed E-state index contributed by atoms with van der Waals surface area (Å²) in [6, 6.07) is 25.6. The minimum absolute atomic E-state index is 0.0538. The summed E-state index contributed by atoms with van der Waals surface area (Å²) >= 11 is 0. The highest BCUT2D eigenvalue weighted by atomic mass is 16.7. The maximum absolute atomic E-state index is 14.1. The van der Waals surface area contributed by atoms with Crippen molar-refractivity contribution in [2.24, 2.45) is 23.5 Å². The number of urea groups is 1. The number of hydrogen-bond acceptors (Lipinski definition) is 13. The van der Waals surface area contributed by atoms with Gasteiger partial charge in [-0.25, -0.2) is 14.4 Å². The highest BCUT2D eigenvalue weighted by Crippen LogP contribution is 2.44. The second kappa shape index (κ2) is 26.4. The average molecular weight is 993 g/mol. The van der Waals surface area contributed by atoms with E-state index in [1.807, 2.05) is 36.4 Å². The Hall–Kier alpha value is -7.83. The Balaban J connectivity index is 1.15. The standard InChI is InChI=1S/C53H64N6O13/c1-33(2)47(45(60)29-35(14-12-28-55-50(54)64)48(62)57-37-21-19-34(20-22-37)31-70-52(66)71-39-25-23-38(24-26-39)59(67)68)58-49(63)36(30-46(61)72-53(3,4)5)13-10-11-27-56-51(65)69-32-44-42-17-8-6-15-40(42)41-16-7-9-18-43(41)44/h6-9,15-26,33,35-36,44,47H,10-14,27-32H2,1-5H3,(H,56,65)(H,57,62)(H,58,63)(H3,54,55,64)/t35-,36-,47+/m1/s1. The van der Waals surface area contributed by atoms with Gasteiger partial charge in [-0.05, 0) is 104 Å². The van der Waals surface area contributed by atoms with Crippen molar-refractivity contribution in [1.82, 2.24) is 16.0 Å². The van der Waals surface area contributed by atoms with E-state index in [2.05, 4.69) is 33.4 Å². The zero-order chi connectivity index (χ0) is 52.4. The van der Waals surface area contributed by atoms with Gasteiger partial charge in [0.1, 0.15) is 24.6 Å². The van der Waals surface area contributed by atoms with Gasteiger partial charge in [0.05, 0.1) is 17.4 Å². The molecule has 0 saturated carbocycles. The normalized spacial score (nSPS) is 13.0. The Kier molecular flexibility index (Phi) is 20.2. The maximum Gasteiger partial charge on any atom is 0.514 e. The maximum atomic E-state index is 14.1. The molecule has 5 amide bonds. The van der Waals surface area contributed by atoms with Crippen molar-refractivity contribution in [1.29, 1.82) is 0 Å². The molecule has 384 valence electrons. The Labute approximate surface area is 418 Å². The van der Waals surface area contributed by atoms with Crippen LogP contribution >= 0.6 is 0 Å². The fourth-order valence-electron chi connectivity index (χ4n) is 8.24. The quantitative estimate of drug-likeness (QED) is 0.0104. The third kappa shape index (κ3) is 17.2. The van der Waals surface area contributed by atoms with Crippen LogP contribution in [0.1, 0.15) is 102 Å². The molecule has 0 unspecified atom stereocenters. The predicted octanol–water partition coefficient (Wildman–Crippen LogP) is 8.47. The van der Waals surface area contributed by atoms with Crippen LogP contribution in [-0.4, -0.2) is 78.1 Å². The number of ether oxygens (including phenoxy) is 4. The lowest BCUT2D eigenvalue weighted by molar-refractivity contribution is -0.384. The number of nitrogens with two attached hydrogens (primary N) is 1. The molecular formula is C53H64N6O13. The summed E-state index contributed by atoms with van der Waals surface area (Å²) in [5.74, 6) is -4.27. The van der Waals surface area contributed by atoms with Crippen molar-refractivity contribution in [2.45, 2.75) is 104 Å². The first-order valence-corrected chi connectivity index (χ1v) is 23.9. The van der Waals surface area contributed by atoms with Gasteiger partial charge in [-0.1, -0.05) is 80.9 Å². The number of fused-ring (bicyclic) bond motifs is 3. The minimum Gasteiger partial charge on any atom is -0.460 e. The number of benzene rings is 4. The predicted molar refractivity (Wildman–Crippen MR) is 267 cm³/mol. The van der Waals surface area contributed by atoms with Gasteiger partial charge < -0.3 is 45.9 Å². The first-order chi connectivity index (χ1) is 34.3. The van der Waals surface area contributed by atoms with Crippen LogP contribution in [0, 0.1) is 27.9 Å². The molecular weight excluding hydrogens is 929 g/mol. The number of carbonyl (C=O) groups is 7. The summed E-state index contributed by atoms with van der Waals surface area (Å²) in [6.45, 7) is 9.05. The number of nitrogens with zero attached hydrogens (tertiary/aromatic N) is 1. The van der Waals surface area contributed by atoms with Crippen LogP contribution in [0.4, 0.5) is 25.8 Å². The molecule has 0 aliphatic heterocycles. The molecule has 4 aromatic carbocycles. The number of anilines is 1. The highest BCUT2D eigenvalue weighted by Gasteiger charge is 2.33. The Morgan fingerprint density at radius 1 is 0.722 bits per heavy atom. The van der Waals surface area contributed by atoms with Crippen LogP contribution in [0.5, 0.6) is 5.75 Å². The molecule has 72 heavy (non-hydrogen) atoms. The molecule has 3 atom stereocenters. The second-order valence-electron chi connectivity index (χ2n) is 18.8. The van der Waals surface area contributed by atoms with Crippen LogP contribution in [0.15, 0.2) is 97.1 Å². The summed E-state index contributed by atoms with van der Waals surface area (Å²) in [5.41, 5.74) is 9.61. The molecule has 0 spiro atoms. The smallest absolute Gasteiger partial charge is 0.460 e. The third-order valence-electron chi connectivity index (χ3n) is 11.8. The Morgan fingerprint density at radius 2 is 1.32 bits per heavy atom. The van der Waals surface area contributed by atoms with Crippen molar-refractivity contribution in [3.05, 3.63) is 124 Å². The van der Waals surface area contributed by atoms with Gasteiger partial charge in [0.15, 0.2) is 5.78 Å². The highest BCUT2D eigenvalue weighted by molar-refractivity contribution is 5.98. The van der Waals surface area contributed by atoms with Crippen molar-refractivity contribution in [3.8, 4) is 16.9 Å². The third-order valence-corrected chi connectivity index (χ3v) is 11.8. The number of nitro groups is 1. The summed E-state index contributed by atoms with van der Waals surface area (Å²) in [7, 11) is 0. The van der Waals surface area contributed by atoms with E-state index in [9.17, 15) is 43.7 Å². The van der Waals surface area contributed by atoms with E-state index in [-0.39, 0.29) is 69.3 Å².